The third-order valence-electron chi connectivity index (χ3n) is 2.21. The van der Waals surface area contributed by atoms with E-state index in [9.17, 15) is 4.79 Å². The van der Waals surface area contributed by atoms with Crippen LogP contribution in [-0.4, -0.2) is 34.6 Å². The molecule has 1 fully saturated rings. The molecule has 1 aromatic rings. The molecule has 1 aromatic heterocycles. The summed E-state index contributed by atoms with van der Waals surface area (Å²) in [6.45, 7) is 2.54. The molecule has 2 rings (SSSR count). The van der Waals surface area contributed by atoms with Gasteiger partial charge >= 0.3 is 0 Å². The van der Waals surface area contributed by atoms with Crippen molar-refractivity contribution in [1.82, 2.24) is 15.3 Å². The lowest BCUT2D eigenvalue weighted by Gasteiger charge is -2.27. The third kappa shape index (κ3) is 1.93. The molecule has 0 radical (unpaired) electrons. The Morgan fingerprint density at radius 3 is 3.29 bits per heavy atom. The second kappa shape index (κ2) is 3.79. The number of hydrogen-bond donors (Lipinski definition) is 2. The quantitative estimate of drug-likeness (QED) is 0.690. The topological polar surface area (TPSA) is 67.0 Å². The van der Waals surface area contributed by atoms with Gasteiger partial charge in [0.1, 0.15) is 6.10 Å². The van der Waals surface area contributed by atoms with Crippen molar-refractivity contribution < 1.29 is 9.53 Å². The lowest BCUT2D eigenvalue weighted by Crippen LogP contribution is -2.49. The first-order valence-corrected chi connectivity index (χ1v) is 4.66. The Morgan fingerprint density at radius 2 is 2.57 bits per heavy atom. The van der Waals surface area contributed by atoms with Gasteiger partial charge in [-0.15, -0.1) is 0 Å². The Kier molecular flexibility index (Phi) is 2.49. The predicted molar refractivity (Wildman–Crippen MR) is 49.6 cm³/mol. The molecule has 0 aromatic carbocycles. The van der Waals surface area contributed by atoms with Crippen LogP contribution in [0.3, 0.4) is 0 Å². The van der Waals surface area contributed by atoms with Gasteiger partial charge in [0.15, 0.2) is 0 Å². The minimum Gasteiger partial charge on any atom is -0.363 e. The zero-order valence-corrected chi connectivity index (χ0v) is 7.99. The van der Waals surface area contributed by atoms with Crippen LogP contribution < -0.4 is 5.32 Å². The largest absolute Gasteiger partial charge is 0.363 e. The van der Waals surface area contributed by atoms with E-state index in [0.29, 0.717) is 13.0 Å². The third-order valence-corrected chi connectivity index (χ3v) is 2.21. The van der Waals surface area contributed by atoms with Crippen molar-refractivity contribution in [2.75, 3.05) is 6.54 Å². The second-order valence-electron chi connectivity index (χ2n) is 3.46. The van der Waals surface area contributed by atoms with Gasteiger partial charge in [0.05, 0.1) is 12.4 Å². The van der Waals surface area contributed by atoms with Gasteiger partial charge in [0.25, 0.3) is 0 Å². The van der Waals surface area contributed by atoms with Crippen molar-refractivity contribution in [3.63, 3.8) is 0 Å². The molecule has 2 unspecified atom stereocenters. The summed E-state index contributed by atoms with van der Waals surface area (Å²) >= 11 is 0. The molecule has 5 nitrogen and oxygen atoms in total. The normalized spacial score (nSPS) is 27.4. The number of imidazole rings is 1. The Bertz CT molecular complexity index is 310. The van der Waals surface area contributed by atoms with E-state index in [2.05, 4.69) is 15.3 Å². The average molecular weight is 195 g/mol. The first-order chi connectivity index (χ1) is 6.75. The van der Waals surface area contributed by atoms with E-state index in [0.717, 1.165) is 5.69 Å². The first kappa shape index (κ1) is 9.21. The smallest absolute Gasteiger partial charge is 0.249 e. The van der Waals surface area contributed by atoms with E-state index in [1.54, 1.807) is 12.5 Å². The van der Waals surface area contributed by atoms with Crippen molar-refractivity contribution in [3.8, 4) is 0 Å². The number of morpholine rings is 1. The molecule has 76 valence electrons. The summed E-state index contributed by atoms with van der Waals surface area (Å²) in [7, 11) is 0. The van der Waals surface area contributed by atoms with Gasteiger partial charge in [-0.05, 0) is 6.92 Å². The van der Waals surface area contributed by atoms with Crippen LogP contribution in [0.15, 0.2) is 12.5 Å². The molecule has 1 aliphatic heterocycles. The standard InChI is InChI=1S/C9H13N3O2/c1-6-3-11-9(13)8(14-6)2-7-4-10-5-12-7/h4-6,8H,2-3H2,1H3,(H,10,12)(H,11,13). The van der Waals surface area contributed by atoms with Gasteiger partial charge in [-0.2, -0.15) is 0 Å². The number of aromatic nitrogens is 2. The molecule has 1 amide bonds. The molecule has 5 heteroatoms. The van der Waals surface area contributed by atoms with Crippen LogP contribution in [0.4, 0.5) is 0 Å². The Morgan fingerprint density at radius 1 is 1.71 bits per heavy atom. The van der Waals surface area contributed by atoms with Gasteiger partial charge in [-0.1, -0.05) is 0 Å². The zero-order chi connectivity index (χ0) is 9.97. The molecular formula is C9H13N3O2. The molecule has 0 spiro atoms. The maximum atomic E-state index is 11.4. The molecule has 14 heavy (non-hydrogen) atoms. The molecule has 1 aliphatic rings. The number of carbonyl (C=O) groups is 1. The van der Waals surface area contributed by atoms with Crippen LogP contribution in [0.2, 0.25) is 0 Å². The Labute approximate surface area is 81.9 Å². The first-order valence-electron chi connectivity index (χ1n) is 4.66. The summed E-state index contributed by atoms with van der Waals surface area (Å²) < 4.78 is 5.51. The van der Waals surface area contributed by atoms with Crippen LogP contribution in [0.5, 0.6) is 0 Å². The maximum absolute atomic E-state index is 11.4. The average Bonchev–Trinajstić information content (AvgIpc) is 2.64. The highest BCUT2D eigenvalue weighted by Gasteiger charge is 2.27. The van der Waals surface area contributed by atoms with Crippen molar-refractivity contribution >= 4 is 5.91 Å². The van der Waals surface area contributed by atoms with Gasteiger partial charge in [0.2, 0.25) is 5.91 Å². The number of aromatic amines is 1. The number of amides is 1. The van der Waals surface area contributed by atoms with Crippen LogP contribution >= 0.6 is 0 Å². The predicted octanol–water partition coefficient (Wildman–Crippen LogP) is -0.144. The number of H-pyrrole nitrogens is 1. The van der Waals surface area contributed by atoms with Gasteiger partial charge in [-0.3, -0.25) is 4.79 Å². The molecular weight excluding hydrogens is 182 g/mol. The molecule has 2 N–H and O–H groups in total. The van der Waals surface area contributed by atoms with Crippen molar-refractivity contribution in [3.05, 3.63) is 18.2 Å². The summed E-state index contributed by atoms with van der Waals surface area (Å²) in [5, 5.41) is 2.80. The van der Waals surface area contributed by atoms with E-state index in [1.165, 1.54) is 0 Å². The number of ether oxygens (including phenoxy) is 1. The van der Waals surface area contributed by atoms with Crippen LogP contribution in [-0.2, 0) is 16.0 Å². The summed E-state index contributed by atoms with van der Waals surface area (Å²) in [5.41, 5.74) is 0.916. The fourth-order valence-electron chi connectivity index (χ4n) is 1.49. The summed E-state index contributed by atoms with van der Waals surface area (Å²) in [5.74, 6) is -0.0438. The monoisotopic (exact) mass is 195 g/mol. The van der Waals surface area contributed by atoms with Crippen molar-refractivity contribution in [1.29, 1.82) is 0 Å². The summed E-state index contributed by atoms with van der Waals surface area (Å²) in [6.07, 6.45) is 3.55. The molecule has 1 saturated heterocycles. The van der Waals surface area contributed by atoms with Crippen molar-refractivity contribution in [2.45, 2.75) is 25.6 Å². The van der Waals surface area contributed by atoms with E-state index < -0.39 is 0 Å². The summed E-state index contributed by atoms with van der Waals surface area (Å²) in [6, 6.07) is 0. The van der Waals surface area contributed by atoms with E-state index in [-0.39, 0.29) is 18.1 Å². The van der Waals surface area contributed by atoms with Crippen LogP contribution in [0.1, 0.15) is 12.6 Å². The van der Waals surface area contributed by atoms with Crippen LogP contribution in [0.25, 0.3) is 0 Å². The Hall–Kier alpha value is -1.36. The lowest BCUT2D eigenvalue weighted by molar-refractivity contribution is -0.143. The van der Waals surface area contributed by atoms with Gasteiger partial charge in [0, 0.05) is 24.9 Å². The zero-order valence-electron chi connectivity index (χ0n) is 7.99. The van der Waals surface area contributed by atoms with E-state index >= 15 is 0 Å². The maximum Gasteiger partial charge on any atom is 0.249 e. The fourth-order valence-corrected chi connectivity index (χ4v) is 1.49. The number of rotatable bonds is 2. The lowest BCUT2D eigenvalue weighted by atomic mass is 10.1. The van der Waals surface area contributed by atoms with E-state index in [1.807, 2.05) is 6.92 Å². The second-order valence-corrected chi connectivity index (χ2v) is 3.46. The Balaban J connectivity index is 1.99. The molecule has 2 atom stereocenters. The van der Waals surface area contributed by atoms with Gasteiger partial charge < -0.3 is 15.0 Å². The van der Waals surface area contributed by atoms with Gasteiger partial charge in [-0.25, -0.2) is 4.98 Å². The SMILES string of the molecule is CC1CNC(=O)C(Cc2cnc[nH]2)O1. The van der Waals surface area contributed by atoms with E-state index in [4.69, 9.17) is 4.74 Å². The highest BCUT2D eigenvalue weighted by atomic mass is 16.5. The highest BCUT2D eigenvalue weighted by molar-refractivity contribution is 5.81. The molecule has 0 bridgehead atoms. The number of nitrogens with zero attached hydrogens (tertiary/aromatic N) is 1. The van der Waals surface area contributed by atoms with Crippen molar-refractivity contribution in [2.24, 2.45) is 0 Å². The number of nitrogens with one attached hydrogen (secondary N) is 2. The minimum atomic E-state index is -0.390. The van der Waals surface area contributed by atoms with Crippen LogP contribution in [0, 0.1) is 0 Å². The molecule has 0 saturated carbocycles. The molecule has 0 aliphatic carbocycles. The summed E-state index contributed by atoms with van der Waals surface area (Å²) in [4.78, 5) is 18.2. The fraction of sp³-hybridized carbons (Fsp3) is 0.556. The number of carbonyl (C=O) groups excluding carboxylic acids is 1. The minimum absolute atomic E-state index is 0.0438. The number of hydrogen-bond acceptors (Lipinski definition) is 3. The highest BCUT2D eigenvalue weighted by Crippen LogP contribution is 2.09. The molecule has 2 heterocycles.